The summed E-state index contributed by atoms with van der Waals surface area (Å²) in [5.74, 6) is 0. The van der Waals surface area contributed by atoms with Crippen molar-refractivity contribution in [3.8, 4) is 12.0 Å². The highest BCUT2D eigenvalue weighted by Crippen LogP contribution is 2.07. The minimum absolute atomic E-state index is 0.0366. The summed E-state index contributed by atoms with van der Waals surface area (Å²) in [6, 6.07) is 16.2. The molecule has 0 spiro atoms. The van der Waals surface area contributed by atoms with Crippen molar-refractivity contribution >= 4 is 0 Å². The summed E-state index contributed by atoms with van der Waals surface area (Å²) in [6.07, 6.45) is 0. The lowest BCUT2D eigenvalue weighted by molar-refractivity contribution is 0.0807. The minimum Gasteiger partial charge on any atom is -0.462 e. The van der Waals surface area contributed by atoms with Crippen LogP contribution in [0.4, 0.5) is 0 Å². The molecule has 0 radical (unpaired) electrons. The third-order valence-corrected chi connectivity index (χ3v) is 4.31. The maximum atomic E-state index is 11.7. The van der Waals surface area contributed by atoms with Crippen molar-refractivity contribution in [1.82, 2.24) is 15.0 Å². The van der Waals surface area contributed by atoms with Crippen LogP contribution in [-0.2, 0) is 22.7 Å². The van der Waals surface area contributed by atoms with Gasteiger partial charge in [-0.3, -0.25) is 4.98 Å². The van der Waals surface area contributed by atoms with Gasteiger partial charge in [0.05, 0.1) is 26.4 Å². The molecule has 0 fully saturated rings. The summed E-state index contributed by atoms with van der Waals surface area (Å²) >= 11 is 0. The number of rotatable bonds is 12. The molecule has 0 bridgehead atoms. The van der Waals surface area contributed by atoms with Crippen LogP contribution in [0.3, 0.4) is 0 Å². The molecule has 0 saturated heterocycles. The summed E-state index contributed by atoms with van der Waals surface area (Å²) in [5.41, 5.74) is 3.98. The first-order chi connectivity index (χ1) is 15.1. The van der Waals surface area contributed by atoms with Crippen LogP contribution < -0.4 is 15.2 Å². The number of nitrogens with one attached hydrogen (secondary N) is 1. The Balaban J connectivity index is 1.34. The predicted molar refractivity (Wildman–Crippen MR) is 115 cm³/mol. The lowest BCUT2D eigenvalue weighted by Gasteiger charge is -2.08. The molecular weight excluding hydrogens is 398 g/mol. The van der Waals surface area contributed by atoms with Crippen molar-refractivity contribution in [2.75, 3.05) is 26.4 Å². The number of H-pyrrole nitrogens is 1. The molecule has 0 unspecified atom stereocenters. The van der Waals surface area contributed by atoms with Crippen molar-refractivity contribution in [3.05, 3.63) is 81.3 Å². The van der Waals surface area contributed by atoms with E-state index < -0.39 is 5.69 Å². The molecule has 3 aromatic rings. The molecule has 31 heavy (non-hydrogen) atoms. The number of hydrogen-bond donors (Lipinski definition) is 1. The second-order valence-corrected chi connectivity index (χ2v) is 7.01. The van der Waals surface area contributed by atoms with Crippen LogP contribution in [0.2, 0.25) is 0 Å². The Kier molecular flexibility index (Phi) is 8.57. The maximum Gasteiger partial charge on any atom is 0.353 e. The van der Waals surface area contributed by atoms with Crippen LogP contribution in [0.1, 0.15) is 22.3 Å². The number of hydrogen-bond acceptors (Lipinski definition) is 7. The van der Waals surface area contributed by atoms with Gasteiger partial charge in [0.25, 0.3) is 0 Å². The number of aryl methyl sites for hydroxylation is 2. The zero-order valence-corrected chi connectivity index (χ0v) is 17.8. The average molecular weight is 425 g/mol. The number of aromatic amines is 1. The molecule has 1 N–H and O–H groups in total. The molecule has 0 amide bonds. The smallest absolute Gasteiger partial charge is 0.353 e. The van der Waals surface area contributed by atoms with Crippen molar-refractivity contribution in [3.63, 3.8) is 0 Å². The molecule has 0 aliphatic carbocycles. The lowest BCUT2D eigenvalue weighted by Crippen LogP contribution is -2.18. The molecule has 164 valence electrons. The van der Waals surface area contributed by atoms with Gasteiger partial charge in [-0.2, -0.15) is 0 Å². The van der Waals surface area contributed by atoms with Gasteiger partial charge in [0, 0.05) is 0 Å². The molecule has 0 saturated carbocycles. The van der Waals surface area contributed by atoms with Gasteiger partial charge in [0.1, 0.15) is 13.2 Å². The summed E-state index contributed by atoms with van der Waals surface area (Å²) in [7, 11) is 0. The maximum absolute atomic E-state index is 11.7. The standard InChI is InChI=1S/C23H27N3O5/c1-17-3-7-19(8-4-17)15-28-11-13-30-22-24-21(27)25-23(26-22)31-14-12-29-16-20-9-5-18(2)6-10-20/h3-10H,11-16H2,1-2H3,(H,24,25,26,27). The third-order valence-electron chi connectivity index (χ3n) is 4.31. The van der Waals surface area contributed by atoms with Crippen LogP contribution in [0.25, 0.3) is 0 Å². The molecule has 8 nitrogen and oxygen atoms in total. The van der Waals surface area contributed by atoms with Gasteiger partial charge in [-0.05, 0) is 25.0 Å². The first-order valence-corrected chi connectivity index (χ1v) is 10.1. The number of ether oxygens (including phenoxy) is 4. The topological polar surface area (TPSA) is 95.6 Å². The van der Waals surface area contributed by atoms with Crippen molar-refractivity contribution in [1.29, 1.82) is 0 Å². The Morgan fingerprint density at radius 3 is 1.77 bits per heavy atom. The highest BCUT2D eigenvalue weighted by molar-refractivity contribution is 5.21. The van der Waals surface area contributed by atoms with Crippen LogP contribution in [-0.4, -0.2) is 41.4 Å². The third kappa shape index (κ3) is 8.19. The molecule has 1 heterocycles. The minimum atomic E-state index is -0.596. The Bertz CT molecular complexity index is 911. The normalized spacial score (nSPS) is 10.8. The van der Waals surface area contributed by atoms with Crippen LogP contribution in [0.5, 0.6) is 12.0 Å². The molecule has 2 aromatic carbocycles. The number of nitrogens with zero attached hydrogens (tertiary/aromatic N) is 2. The zero-order valence-electron chi connectivity index (χ0n) is 17.8. The van der Waals surface area contributed by atoms with Gasteiger partial charge in [-0.1, -0.05) is 59.7 Å². The van der Waals surface area contributed by atoms with Gasteiger partial charge in [-0.25, -0.2) is 4.79 Å². The highest BCUT2D eigenvalue weighted by Gasteiger charge is 2.05. The van der Waals surface area contributed by atoms with Gasteiger partial charge in [0.2, 0.25) is 0 Å². The second kappa shape index (κ2) is 11.8. The summed E-state index contributed by atoms with van der Waals surface area (Å²) in [5, 5.41) is 0. The first-order valence-electron chi connectivity index (χ1n) is 10.1. The lowest BCUT2D eigenvalue weighted by atomic mass is 10.2. The zero-order chi connectivity index (χ0) is 21.9. The fourth-order valence-electron chi connectivity index (χ4n) is 2.62. The molecule has 0 atom stereocenters. The van der Waals surface area contributed by atoms with Gasteiger partial charge < -0.3 is 18.9 Å². The predicted octanol–water partition coefficient (Wildman–Crippen LogP) is 2.97. The fraction of sp³-hybridized carbons (Fsp3) is 0.348. The van der Waals surface area contributed by atoms with E-state index in [0.29, 0.717) is 26.4 Å². The summed E-state index contributed by atoms with van der Waals surface area (Å²) in [4.78, 5) is 21.8. The molecule has 1 aromatic heterocycles. The van der Waals surface area contributed by atoms with Crippen molar-refractivity contribution < 1.29 is 18.9 Å². The Morgan fingerprint density at radius 1 is 0.710 bits per heavy atom. The first kappa shape index (κ1) is 22.5. The van der Waals surface area contributed by atoms with E-state index in [4.69, 9.17) is 18.9 Å². The van der Waals surface area contributed by atoms with Crippen LogP contribution in [0.15, 0.2) is 53.3 Å². The number of benzene rings is 2. The Hall–Kier alpha value is -3.23. The van der Waals surface area contributed by atoms with Crippen LogP contribution in [0, 0.1) is 13.8 Å². The SMILES string of the molecule is Cc1ccc(COCCOc2nc(OCCOCc3ccc(C)cc3)[nH]c(=O)n2)cc1. The molecule has 3 rings (SSSR count). The fourth-order valence-corrected chi connectivity index (χ4v) is 2.62. The van der Waals surface area contributed by atoms with Crippen molar-refractivity contribution in [2.45, 2.75) is 27.1 Å². The second-order valence-electron chi connectivity index (χ2n) is 7.01. The van der Waals surface area contributed by atoms with E-state index in [9.17, 15) is 4.79 Å². The Labute approximate surface area is 181 Å². The Morgan fingerprint density at radius 2 is 1.23 bits per heavy atom. The largest absolute Gasteiger partial charge is 0.462 e. The van der Waals surface area contributed by atoms with E-state index in [1.807, 2.05) is 62.4 Å². The van der Waals surface area contributed by atoms with E-state index in [0.717, 1.165) is 11.1 Å². The molecule has 8 heteroatoms. The monoisotopic (exact) mass is 425 g/mol. The van der Waals surface area contributed by atoms with Gasteiger partial charge in [0.15, 0.2) is 0 Å². The molecule has 0 aliphatic rings. The van der Waals surface area contributed by atoms with Crippen molar-refractivity contribution in [2.24, 2.45) is 0 Å². The van der Waals surface area contributed by atoms with E-state index in [1.165, 1.54) is 11.1 Å². The van der Waals surface area contributed by atoms with E-state index in [1.54, 1.807) is 0 Å². The molecule has 0 aliphatic heterocycles. The summed E-state index contributed by atoms with van der Waals surface area (Å²) in [6.45, 7) is 6.19. The molecular formula is C23H27N3O5. The van der Waals surface area contributed by atoms with Gasteiger partial charge in [-0.15, -0.1) is 9.97 Å². The summed E-state index contributed by atoms with van der Waals surface area (Å²) < 4.78 is 22.0. The van der Waals surface area contributed by atoms with E-state index >= 15 is 0 Å². The van der Waals surface area contributed by atoms with Gasteiger partial charge >= 0.3 is 17.7 Å². The van der Waals surface area contributed by atoms with E-state index in [2.05, 4.69) is 15.0 Å². The average Bonchev–Trinajstić information content (AvgIpc) is 2.75. The van der Waals surface area contributed by atoms with E-state index in [-0.39, 0.29) is 25.2 Å². The number of aromatic nitrogens is 3. The highest BCUT2D eigenvalue weighted by atomic mass is 16.5. The quantitative estimate of drug-likeness (QED) is 0.446. The van der Waals surface area contributed by atoms with Crippen LogP contribution >= 0.6 is 0 Å².